The molecule has 0 saturated carbocycles. The number of carbonyl (C=O) groups is 2. The molecule has 3 rings (SSSR count). The van der Waals surface area contributed by atoms with E-state index in [1.165, 1.54) is 27.6 Å². The number of aliphatic hydroxyl groups excluding tert-OH is 1. The maximum absolute atomic E-state index is 12.9. The normalized spacial score (nSPS) is 18.0. The summed E-state index contributed by atoms with van der Waals surface area (Å²) in [5.41, 5.74) is 0.193. The zero-order valence-corrected chi connectivity index (χ0v) is 15.1. The van der Waals surface area contributed by atoms with Gasteiger partial charge < -0.3 is 14.9 Å². The second-order valence-corrected chi connectivity index (χ2v) is 7.87. The Balaban J connectivity index is 2.01. The lowest BCUT2D eigenvalue weighted by Gasteiger charge is -2.25. The summed E-state index contributed by atoms with van der Waals surface area (Å²) in [5, 5.41) is 14.1. The third-order valence-corrected chi connectivity index (χ3v) is 5.75. The summed E-state index contributed by atoms with van der Waals surface area (Å²) in [6.45, 7) is 1.22. The van der Waals surface area contributed by atoms with E-state index in [0.29, 0.717) is 11.4 Å². The minimum Gasteiger partial charge on any atom is -0.503 e. The number of carbonyl (C=O) groups excluding carboxylic acids is 2. The summed E-state index contributed by atoms with van der Waals surface area (Å²) in [6, 6.07) is 6.79. The molecule has 2 aromatic rings. The summed E-state index contributed by atoms with van der Waals surface area (Å²) in [6.07, 6.45) is 0. The Hall–Kier alpha value is -1.96. The molecule has 24 heavy (non-hydrogen) atoms. The third kappa shape index (κ3) is 3.02. The van der Waals surface area contributed by atoms with E-state index in [-0.39, 0.29) is 11.4 Å². The number of thiophene rings is 2. The van der Waals surface area contributed by atoms with Gasteiger partial charge in [-0.15, -0.1) is 22.7 Å². The predicted molar refractivity (Wildman–Crippen MR) is 94.8 cm³/mol. The van der Waals surface area contributed by atoms with Gasteiger partial charge in [0.1, 0.15) is 0 Å². The lowest BCUT2D eigenvalue weighted by atomic mass is 10.0. The monoisotopic (exact) mass is 363 g/mol. The number of aliphatic hydroxyl groups is 1. The van der Waals surface area contributed by atoms with Gasteiger partial charge in [-0.2, -0.15) is 0 Å². The molecule has 0 unspecified atom stereocenters. The van der Waals surface area contributed by atoms with Crippen LogP contribution >= 0.6 is 22.7 Å². The summed E-state index contributed by atoms with van der Waals surface area (Å²) in [5.74, 6) is -1.15. The van der Waals surface area contributed by atoms with Crippen molar-refractivity contribution in [3.63, 3.8) is 0 Å². The fourth-order valence-corrected chi connectivity index (χ4v) is 4.27. The van der Waals surface area contributed by atoms with Gasteiger partial charge >= 0.3 is 0 Å². The Bertz CT molecular complexity index is 764. The quantitative estimate of drug-likeness (QED) is 0.765. The molecule has 0 radical (unpaired) electrons. The van der Waals surface area contributed by atoms with Crippen LogP contribution in [0.1, 0.15) is 20.6 Å². The SMILES string of the molecule is C[NH+](C)CCN1C(=O)C(O)=C(C(=O)c2cccs2)[C@@H]1c1cccs1. The number of hydrogen-bond donors (Lipinski definition) is 2. The molecule has 1 atom stereocenters. The van der Waals surface area contributed by atoms with Crippen LogP contribution in [0.3, 0.4) is 0 Å². The van der Waals surface area contributed by atoms with Crippen molar-refractivity contribution in [3.05, 3.63) is 56.1 Å². The molecule has 0 aromatic carbocycles. The number of rotatable bonds is 6. The van der Waals surface area contributed by atoms with Gasteiger partial charge in [0.2, 0.25) is 5.78 Å². The van der Waals surface area contributed by atoms with Gasteiger partial charge in [0, 0.05) is 4.88 Å². The molecule has 0 aliphatic carbocycles. The molecule has 5 nitrogen and oxygen atoms in total. The van der Waals surface area contributed by atoms with Crippen molar-refractivity contribution < 1.29 is 19.6 Å². The lowest BCUT2D eigenvalue weighted by Crippen LogP contribution is -3.06. The number of amides is 1. The summed E-state index contributed by atoms with van der Waals surface area (Å²) in [7, 11) is 4.01. The molecule has 2 N–H and O–H groups in total. The summed E-state index contributed by atoms with van der Waals surface area (Å²) >= 11 is 2.80. The first-order chi connectivity index (χ1) is 11.5. The number of nitrogens with one attached hydrogen (secondary N) is 1. The number of Topliss-reactive ketones (excluding diaryl/α,β-unsaturated/α-hetero) is 1. The van der Waals surface area contributed by atoms with Gasteiger partial charge in [0.25, 0.3) is 5.91 Å². The number of nitrogens with zero attached hydrogens (tertiary/aromatic N) is 1. The Kier molecular flexibility index (Phi) is 4.84. The van der Waals surface area contributed by atoms with Crippen LogP contribution in [0.4, 0.5) is 0 Å². The largest absolute Gasteiger partial charge is 0.503 e. The van der Waals surface area contributed by atoms with E-state index in [1.807, 2.05) is 37.0 Å². The first kappa shape index (κ1) is 16.9. The van der Waals surface area contributed by atoms with Gasteiger partial charge in [-0.05, 0) is 22.9 Å². The van der Waals surface area contributed by atoms with Crippen LogP contribution in [0, 0.1) is 0 Å². The van der Waals surface area contributed by atoms with Crippen LogP contribution in [0.15, 0.2) is 46.4 Å². The van der Waals surface area contributed by atoms with Crippen LogP contribution in [0.5, 0.6) is 0 Å². The second kappa shape index (κ2) is 6.88. The van der Waals surface area contributed by atoms with Crippen LogP contribution in [0.2, 0.25) is 0 Å². The van der Waals surface area contributed by atoms with E-state index in [1.54, 1.807) is 17.0 Å². The Labute approximate surface area is 148 Å². The maximum atomic E-state index is 12.9. The zero-order chi connectivity index (χ0) is 17.3. The average molecular weight is 363 g/mol. The first-order valence-corrected chi connectivity index (χ1v) is 9.41. The minimum atomic E-state index is -0.508. The molecule has 2 aromatic heterocycles. The van der Waals surface area contributed by atoms with E-state index < -0.39 is 17.7 Å². The third-order valence-electron chi connectivity index (χ3n) is 3.96. The van der Waals surface area contributed by atoms with Crippen molar-refractivity contribution in [1.29, 1.82) is 0 Å². The van der Waals surface area contributed by atoms with Crippen molar-refractivity contribution in [1.82, 2.24) is 4.90 Å². The molecule has 3 heterocycles. The number of ketones is 1. The highest BCUT2D eigenvalue weighted by Gasteiger charge is 2.44. The van der Waals surface area contributed by atoms with Crippen molar-refractivity contribution in [2.45, 2.75) is 6.04 Å². The fourth-order valence-electron chi connectivity index (χ4n) is 2.74. The highest BCUT2D eigenvalue weighted by atomic mass is 32.1. The molecule has 1 aliphatic rings. The lowest BCUT2D eigenvalue weighted by molar-refractivity contribution is -0.857. The van der Waals surface area contributed by atoms with Crippen molar-refractivity contribution in [3.8, 4) is 0 Å². The Morgan fingerprint density at radius 1 is 1.25 bits per heavy atom. The van der Waals surface area contributed by atoms with E-state index in [4.69, 9.17) is 0 Å². The summed E-state index contributed by atoms with van der Waals surface area (Å²) in [4.78, 5) is 29.7. The Morgan fingerprint density at radius 3 is 2.54 bits per heavy atom. The number of hydrogen-bond acceptors (Lipinski definition) is 5. The molecule has 126 valence electrons. The second-order valence-electron chi connectivity index (χ2n) is 5.94. The highest BCUT2D eigenvalue weighted by Crippen LogP contribution is 2.40. The number of likely N-dealkylation sites (N-methyl/N-ethyl adjacent to an activating group) is 1. The van der Waals surface area contributed by atoms with Crippen LogP contribution in [0.25, 0.3) is 0 Å². The molecule has 0 fully saturated rings. The van der Waals surface area contributed by atoms with Crippen molar-refractivity contribution in [2.75, 3.05) is 27.2 Å². The highest BCUT2D eigenvalue weighted by molar-refractivity contribution is 7.12. The maximum Gasteiger partial charge on any atom is 0.290 e. The average Bonchev–Trinajstić information content (AvgIpc) is 3.27. The first-order valence-electron chi connectivity index (χ1n) is 7.65. The van der Waals surface area contributed by atoms with Gasteiger partial charge in [-0.25, -0.2) is 0 Å². The zero-order valence-electron chi connectivity index (χ0n) is 13.5. The Morgan fingerprint density at radius 2 is 1.96 bits per heavy atom. The molecule has 1 amide bonds. The molecule has 0 spiro atoms. The topological polar surface area (TPSA) is 62.1 Å². The molecule has 0 bridgehead atoms. The van der Waals surface area contributed by atoms with Gasteiger partial charge in [0.15, 0.2) is 5.76 Å². The van der Waals surface area contributed by atoms with Crippen molar-refractivity contribution in [2.24, 2.45) is 0 Å². The fraction of sp³-hybridized carbons (Fsp3) is 0.294. The van der Waals surface area contributed by atoms with Gasteiger partial charge in [-0.1, -0.05) is 12.1 Å². The standard InChI is InChI=1S/C17H18N2O3S2/c1-18(2)7-8-19-14(11-5-3-9-23-11)13(16(21)17(19)22)15(20)12-6-4-10-24-12/h3-6,9-10,14,21H,7-8H2,1-2H3/p+1/t14-/m0/s1. The van der Waals surface area contributed by atoms with E-state index in [9.17, 15) is 14.7 Å². The molecule has 0 saturated heterocycles. The minimum absolute atomic E-state index is 0.193. The van der Waals surface area contributed by atoms with E-state index in [2.05, 4.69) is 0 Å². The van der Waals surface area contributed by atoms with Crippen molar-refractivity contribution >= 4 is 34.4 Å². The molecular weight excluding hydrogens is 344 g/mol. The number of quaternary nitrogens is 1. The van der Waals surface area contributed by atoms with E-state index in [0.717, 1.165) is 11.4 Å². The van der Waals surface area contributed by atoms with Gasteiger partial charge in [0.05, 0.1) is 43.7 Å². The van der Waals surface area contributed by atoms with Crippen LogP contribution in [-0.2, 0) is 4.79 Å². The molecular formula is C17H19N2O3S2+. The van der Waals surface area contributed by atoms with Gasteiger partial charge in [-0.3, -0.25) is 9.59 Å². The smallest absolute Gasteiger partial charge is 0.290 e. The molecule has 1 aliphatic heterocycles. The molecule has 7 heteroatoms. The summed E-state index contributed by atoms with van der Waals surface area (Å²) < 4.78 is 0. The predicted octanol–water partition coefficient (Wildman–Crippen LogP) is 1.53. The van der Waals surface area contributed by atoms with Crippen LogP contribution < -0.4 is 4.90 Å². The van der Waals surface area contributed by atoms with E-state index >= 15 is 0 Å². The van der Waals surface area contributed by atoms with Crippen LogP contribution in [-0.4, -0.2) is 48.9 Å².